The molecule has 1 aliphatic heterocycles. The van der Waals surface area contributed by atoms with Crippen LogP contribution in [0.3, 0.4) is 0 Å². The van der Waals surface area contributed by atoms with Crippen molar-refractivity contribution in [2.45, 2.75) is 12.3 Å². The predicted octanol–water partition coefficient (Wildman–Crippen LogP) is 2.97. The Hall–Kier alpha value is -2.16. The van der Waals surface area contributed by atoms with Crippen molar-refractivity contribution >= 4 is 5.91 Å². The number of benzene rings is 2. The average molecular weight is 269 g/mol. The van der Waals surface area contributed by atoms with Crippen LogP contribution >= 0.6 is 0 Å². The van der Waals surface area contributed by atoms with E-state index in [2.05, 4.69) is 0 Å². The minimum Gasteiger partial charge on any atom is -0.345 e. The van der Waals surface area contributed by atoms with E-state index in [0.29, 0.717) is 6.54 Å². The van der Waals surface area contributed by atoms with Gasteiger partial charge in [0.2, 0.25) is 5.91 Å². The minimum atomic E-state index is -0.408. The van der Waals surface area contributed by atoms with Gasteiger partial charge >= 0.3 is 0 Å². The number of nitrogens with zero attached hydrogens (tertiary/aromatic N) is 1. The number of likely N-dealkylation sites (N-methyl/N-ethyl adjacent to an activating group) is 1. The normalized spacial score (nSPS) is 18.6. The zero-order valence-corrected chi connectivity index (χ0v) is 11.3. The molecule has 0 unspecified atom stereocenters. The first-order valence-corrected chi connectivity index (χ1v) is 6.75. The maximum Gasteiger partial charge on any atom is 0.234 e. The van der Waals surface area contributed by atoms with Gasteiger partial charge in [-0.15, -0.1) is 0 Å². The molecule has 1 aliphatic rings. The maximum atomic E-state index is 13.5. The molecule has 1 amide bonds. The van der Waals surface area contributed by atoms with Crippen LogP contribution in [0.5, 0.6) is 0 Å². The summed E-state index contributed by atoms with van der Waals surface area (Å²) in [6.45, 7) is 0.696. The molecule has 0 N–H and O–H groups in total. The second kappa shape index (κ2) is 5.08. The van der Waals surface area contributed by atoms with Crippen LogP contribution in [0.15, 0.2) is 48.5 Å². The van der Waals surface area contributed by atoms with Crippen LogP contribution in [0.2, 0.25) is 0 Å². The van der Waals surface area contributed by atoms with Crippen molar-refractivity contribution in [1.82, 2.24) is 4.90 Å². The van der Waals surface area contributed by atoms with Crippen LogP contribution in [-0.4, -0.2) is 24.4 Å². The fourth-order valence-corrected chi connectivity index (χ4v) is 2.80. The Morgan fingerprint density at radius 1 is 1.15 bits per heavy atom. The second-order valence-corrected chi connectivity index (χ2v) is 5.20. The number of hydrogen-bond acceptors (Lipinski definition) is 1. The second-order valence-electron chi connectivity index (χ2n) is 5.20. The van der Waals surface area contributed by atoms with E-state index in [1.54, 1.807) is 18.0 Å². The number of rotatable bonds is 1. The van der Waals surface area contributed by atoms with Gasteiger partial charge in [-0.05, 0) is 35.2 Å². The van der Waals surface area contributed by atoms with Crippen LogP contribution in [-0.2, 0) is 11.2 Å². The molecular weight excluding hydrogens is 253 g/mol. The molecule has 0 radical (unpaired) electrons. The Morgan fingerprint density at radius 3 is 2.75 bits per heavy atom. The van der Waals surface area contributed by atoms with E-state index in [4.69, 9.17) is 0 Å². The van der Waals surface area contributed by atoms with Crippen molar-refractivity contribution in [1.29, 1.82) is 0 Å². The van der Waals surface area contributed by atoms with Gasteiger partial charge < -0.3 is 4.90 Å². The molecule has 1 atom stereocenters. The number of hydrogen-bond donors (Lipinski definition) is 0. The highest BCUT2D eigenvalue weighted by atomic mass is 19.1. The first kappa shape index (κ1) is 12.9. The highest BCUT2D eigenvalue weighted by Gasteiger charge is 2.30. The summed E-state index contributed by atoms with van der Waals surface area (Å²) >= 11 is 0. The average Bonchev–Trinajstić information content (AvgIpc) is 2.57. The minimum absolute atomic E-state index is 0.0283. The van der Waals surface area contributed by atoms with Crippen LogP contribution in [0.4, 0.5) is 4.39 Å². The molecule has 2 nitrogen and oxygen atoms in total. The molecule has 2 aromatic carbocycles. The molecule has 0 spiro atoms. The molecule has 0 saturated heterocycles. The van der Waals surface area contributed by atoms with Crippen molar-refractivity contribution in [3.05, 3.63) is 71.0 Å². The highest BCUT2D eigenvalue weighted by molar-refractivity contribution is 5.88. The fourth-order valence-electron chi connectivity index (χ4n) is 2.80. The third-order valence-corrected chi connectivity index (χ3v) is 3.89. The van der Waals surface area contributed by atoms with Crippen molar-refractivity contribution < 1.29 is 9.18 Å². The van der Waals surface area contributed by atoms with E-state index in [1.807, 2.05) is 30.3 Å². The maximum absolute atomic E-state index is 13.5. The van der Waals surface area contributed by atoms with Crippen molar-refractivity contribution in [3.8, 4) is 0 Å². The lowest BCUT2D eigenvalue weighted by Gasteiger charge is -2.21. The van der Waals surface area contributed by atoms with Crippen molar-refractivity contribution in [3.63, 3.8) is 0 Å². The smallest absolute Gasteiger partial charge is 0.234 e. The lowest BCUT2D eigenvalue weighted by Crippen LogP contribution is -2.31. The summed E-state index contributed by atoms with van der Waals surface area (Å²) in [5, 5.41) is 0. The lowest BCUT2D eigenvalue weighted by molar-refractivity contribution is -0.130. The van der Waals surface area contributed by atoms with E-state index in [0.717, 1.165) is 17.5 Å². The molecule has 0 aromatic heterocycles. The molecule has 0 fully saturated rings. The van der Waals surface area contributed by atoms with Gasteiger partial charge in [-0.1, -0.05) is 36.4 Å². The number of carbonyl (C=O) groups is 1. The van der Waals surface area contributed by atoms with Gasteiger partial charge in [0.25, 0.3) is 0 Å². The summed E-state index contributed by atoms with van der Waals surface area (Å²) in [5.74, 6) is -0.686. The molecular formula is C17H16FNO. The molecule has 0 saturated carbocycles. The van der Waals surface area contributed by atoms with E-state index in [9.17, 15) is 9.18 Å². The molecule has 20 heavy (non-hydrogen) atoms. The number of fused-ring (bicyclic) bond motifs is 1. The first-order chi connectivity index (χ1) is 9.66. The topological polar surface area (TPSA) is 20.3 Å². The fraction of sp³-hybridized carbons (Fsp3) is 0.235. The molecule has 1 heterocycles. The number of amides is 1. The molecule has 2 aromatic rings. The Morgan fingerprint density at radius 2 is 1.95 bits per heavy atom. The van der Waals surface area contributed by atoms with Crippen molar-refractivity contribution in [2.75, 3.05) is 13.6 Å². The standard InChI is InChI=1S/C17H16FNO/c1-19-10-9-12-5-2-3-8-15(12)16(17(19)20)13-6-4-7-14(18)11-13/h2-8,11,16H,9-10H2,1H3/t16-/m1/s1. The van der Waals surface area contributed by atoms with Gasteiger partial charge in [-0.25, -0.2) is 4.39 Å². The Kier molecular flexibility index (Phi) is 3.26. The summed E-state index contributed by atoms with van der Waals surface area (Å²) in [6, 6.07) is 14.3. The van der Waals surface area contributed by atoms with Crippen molar-refractivity contribution in [2.24, 2.45) is 0 Å². The van der Waals surface area contributed by atoms with Crippen LogP contribution < -0.4 is 0 Å². The quantitative estimate of drug-likeness (QED) is 0.779. The third kappa shape index (κ3) is 2.20. The summed E-state index contributed by atoms with van der Waals surface area (Å²) in [6.07, 6.45) is 0.838. The molecule has 0 aliphatic carbocycles. The van der Waals surface area contributed by atoms with Gasteiger partial charge in [0, 0.05) is 13.6 Å². The van der Waals surface area contributed by atoms with E-state index in [-0.39, 0.29) is 11.7 Å². The monoisotopic (exact) mass is 269 g/mol. The lowest BCUT2D eigenvalue weighted by atomic mass is 9.87. The van der Waals surface area contributed by atoms with Crippen LogP contribution in [0, 0.1) is 5.82 Å². The number of halogens is 1. The Labute approximate surface area is 117 Å². The Bertz CT molecular complexity index is 653. The summed E-state index contributed by atoms with van der Waals surface area (Å²) < 4.78 is 13.5. The largest absolute Gasteiger partial charge is 0.345 e. The Balaban J connectivity index is 2.17. The van der Waals surface area contributed by atoms with Gasteiger partial charge in [-0.3, -0.25) is 4.79 Å². The summed E-state index contributed by atoms with van der Waals surface area (Å²) in [4.78, 5) is 14.4. The van der Waals surface area contributed by atoms with Gasteiger partial charge in [0.15, 0.2) is 0 Å². The summed E-state index contributed by atoms with van der Waals surface area (Å²) in [5.41, 5.74) is 2.88. The molecule has 0 bridgehead atoms. The van der Waals surface area contributed by atoms with E-state index < -0.39 is 5.92 Å². The van der Waals surface area contributed by atoms with Crippen LogP contribution in [0.25, 0.3) is 0 Å². The van der Waals surface area contributed by atoms with E-state index >= 15 is 0 Å². The van der Waals surface area contributed by atoms with Crippen LogP contribution in [0.1, 0.15) is 22.6 Å². The SMILES string of the molecule is CN1CCc2ccccc2[C@@H](c2cccc(F)c2)C1=O. The third-order valence-electron chi connectivity index (χ3n) is 3.89. The molecule has 3 heteroatoms. The van der Waals surface area contributed by atoms with E-state index in [1.165, 1.54) is 17.7 Å². The van der Waals surface area contributed by atoms with Gasteiger partial charge in [-0.2, -0.15) is 0 Å². The predicted molar refractivity (Wildman–Crippen MR) is 76.0 cm³/mol. The highest BCUT2D eigenvalue weighted by Crippen LogP contribution is 2.32. The number of carbonyl (C=O) groups excluding carboxylic acids is 1. The van der Waals surface area contributed by atoms with Gasteiger partial charge in [0.05, 0.1) is 5.92 Å². The first-order valence-electron chi connectivity index (χ1n) is 6.75. The zero-order chi connectivity index (χ0) is 14.1. The summed E-state index contributed by atoms with van der Waals surface area (Å²) in [7, 11) is 1.81. The molecule has 102 valence electrons. The molecule has 3 rings (SSSR count). The van der Waals surface area contributed by atoms with Gasteiger partial charge in [0.1, 0.15) is 5.82 Å². The zero-order valence-electron chi connectivity index (χ0n) is 11.3.